The summed E-state index contributed by atoms with van der Waals surface area (Å²) in [6.45, 7) is -2.49. The van der Waals surface area contributed by atoms with Crippen molar-refractivity contribution in [1.29, 1.82) is 0 Å². The van der Waals surface area contributed by atoms with Crippen molar-refractivity contribution in [3.05, 3.63) is 29.8 Å². The van der Waals surface area contributed by atoms with Crippen LogP contribution in [0.2, 0.25) is 0 Å². The zero-order valence-corrected chi connectivity index (χ0v) is 11.1. The van der Waals surface area contributed by atoms with Crippen LogP contribution in [0, 0.1) is 0 Å². The van der Waals surface area contributed by atoms with Crippen molar-refractivity contribution in [1.82, 2.24) is 4.90 Å². The number of hydrogen-bond donors (Lipinski definition) is 2. The SMILES string of the molecule is NC(=NO)C1CCCN1C(=O)c1cccc(OC(F)F)c1. The molecule has 1 unspecified atom stereocenters. The third kappa shape index (κ3) is 3.39. The molecule has 1 heterocycles. The van der Waals surface area contributed by atoms with Crippen LogP contribution >= 0.6 is 0 Å². The fourth-order valence-corrected chi connectivity index (χ4v) is 2.36. The monoisotopic (exact) mass is 299 g/mol. The number of nitrogens with two attached hydrogens (primary N) is 1. The van der Waals surface area contributed by atoms with Crippen LogP contribution in [0.15, 0.2) is 29.4 Å². The van der Waals surface area contributed by atoms with Crippen molar-refractivity contribution < 1.29 is 23.5 Å². The third-order valence-electron chi connectivity index (χ3n) is 3.28. The molecule has 114 valence electrons. The first-order valence-corrected chi connectivity index (χ1v) is 6.36. The first kappa shape index (κ1) is 15.0. The number of amidine groups is 1. The number of oxime groups is 1. The number of nitrogens with zero attached hydrogens (tertiary/aromatic N) is 2. The van der Waals surface area contributed by atoms with Gasteiger partial charge in [-0.25, -0.2) is 0 Å². The molecule has 0 aliphatic carbocycles. The molecule has 21 heavy (non-hydrogen) atoms. The Bertz CT molecular complexity index is 551. The van der Waals surface area contributed by atoms with Gasteiger partial charge in [-0.2, -0.15) is 8.78 Å². The van der Waals surface area contributed by atoms with Crippen molar-refractivity contribution in [2.45, 2.75) is 25.5 Å². The van der Waals surface area contributed by atoms with Gasteiger partial charge >= 0.3 is 6.61 Å². The summed E-state index contributed by atoms with van der Waals surface area (Å²) >= 11 is 0. The molecule has 3 N–H and O–H groups in total. The molecule has 1 amide bonds. The molecule has 0 spiro atoms. The van der Waals surface area contributed by atoms with E-state index in [1.54, 1.807) is 0 Å². The van der Waals surface area contributed by atoms with Crippen LogP contribution in [0.4, 0.5) is 8.78 Å². The van der Waals surface area contributed by atoms with Crippen LogP contribution in [0.5, 0.6) is 5.75 Å². The maximum atomic E-state index is 12.4. The number of ether oxygens (including phenoxy) is 1. The Hall–Kier alpha value is -2.38. The van der Waals surface area contributed by atoms with Gasteiger partial charge in [0.25, 0.3) is 5.91 Å². The highest BCUT2D eigenvalue weighted by Crippen LogP contribution is 2.23. The van der Waals surface area contributed by atoms with Gasteiger partial charge in [0.1, 0.15) is 5.75 Å². The van der Waals surface area contributed by atoms with Gasteiger partial charge in [-0.05, 0) is 31.0 Å². The summed E-state index contributed by atoms with van der Waals surface area (Å²) in [5.74, 6) is -0.500. The predicted octanol–water partition coefficient (Wildman–Crippen LogP) is 1.64. The van der Waals surface area contributed by atoms with Crippen molar-refractivity contribution >= 4 is 11.7 Å². The van der Waals surface area contributed by atoms with Gasteiger partial charge in [-0.15, -0.1) is 0 Å². The lowest BCUT2D eigenvalue weighted by Gasteiger charge is -2.23. The van der Waals surface area contributed by atoms with Crippen molar-refractivity contribution in [2.75, 3.05) is 6.54 Å². The minimum atomic E-state index is -2.95. The van der Waals surface area contributed by atoms with E-state index in [-0.39, 0.29) is 23.1 Å². The van der Waals surface area contributed by atoms with Crippen LogP contribution in [-0.2, 0) is 0 Å². The highest BCUT2D eigenvalue weighted by molar-refractivity contribution is 5.98. The first-order valence-electron chi connectivity index (χ1n) is 6.36. The van der Waals surface area contributed by atoms with Gasteiger partial charge in [0.15, 0.2) is 5.84 Å². The van der Waals surface area contributed by atoms with E-state index in [2.05, 4.69) is 9.89 Å². The molecule has 0 saturated carbocycles. The van der Waals surface area contributed by atoms with Crippen molar-refractivity contribution in [3.8, 4) is 5.75 Å². The number of carbonyl (C=O) groups excluding carboxylic acids is 1. The van der Waals surface area contributed by atoms with Crippen molar-refractivity contribution in [2.24, 2.45) is 10.9 Å². The lowest BCUT2D eigenvalue weighted by Crippen LogP contribution is -2.43. The Morgan fingerprint density at radius 1 is 1.52 bits per heavy atom. The Morgan fingerprint density at radius 3 is 2.95 bits per heavy atom. The second kappa shape index (κ2) is 6.38. The maximum absolute atomic E-state index is 12.4. The number of carbonyl (C=O) groups is 1. The van der Waals surface area contributed by atoms with Gasteiger partial charge in [-0.3, -0.25) is 4.79 Å². The average Bonchev–Trinajstić information content (AvgIpc) is 2.94. The molecule has 0 bridgehead atoms. The lowest BCUT2D eigenvalue weighted by atomic mass is 10.1. The lowest BCUT2D eigenvalue weighted by molar-refractivity contribution is -0.0499. The van der Waals surface area contributed by atoms with E-state index in [1.807, 2.05) is 0 Å². The molecular formula is C13H15F2N3O3. The number of halogens is 2. The molecule has 1 aliphatic rings. The van der Waals surface area contributed by atoms with Crippen LogP contribution in [0.1, 0.15) is 23.2 Å². The van der Waals surface area contributed by atoms with E-state index in [9.17, 15) is 13.6 Å². The summed E-state index contributed by atoms with van der Waals surface area (Å²) in [7, 11) is 0. The highest BCUT2D eigenvalue weighted by Gasteiger charge is 2.32. The smallest absolute Gasteiger partial charge is 0.387 e. The topological polar surface area (TPSA) is 88.2 Å². The Morgan fingerprint density at radius 2 is 2.29 bits per heavy atom. The van der Waals surface area contributed by atoms with E-state index >= 15 is 0 Å². The zero-order chi connectivity index (χ0) is 15.4. The van der Waals surface area contributed by atoms with Gasteiger partial charge in [0.05, 0.1) is 6.04 Å². The first-order chi connectivity index (χ1) is 10.0. The third-order valence-corrected chi connectivity index (χ3v) is 3.28. The Labute approximate surface area is 119 Å². The summed E-state index contributed by atoms with van der Waals surface area (Å²) in [6.07, 6.45) is 1.31. The van der Waals surface area contributed by atoms with Gasteiger partial charge < -0.3 is 20.6 Å². The number of benzene rings is 1. The van der Waals surface area contributed by atoms with Crippen LogP contribution in [0.25, 0.3) is 0 Å². The molecule has 6 nitrogen and oxygen atoms in total. The van der Waals surface area contributed by atoms with E-state index in [1.165, 1.54) is 29.2 Å². The molecule has 1 saturated heterocycles. The molecule has 1 aliphatic heterocycles. The summed E-state index contributed by atoms with van der Waals surface area (Å²) in [6, 6.07) is 5.06. The maximum Gasteiger partial charge on any atom is 0.387 e. The summed E-state index contributed by atoms with van der Waals surface area (Å²) in [5, 5.41) is 11.7. The standard InChI is InChI=1S/C13H15F2N3O3/c14-13(15)21-9-4-1-3-8(7-9)12(19)18-6-2-5-10(18)11(16)17-20/h1,3-4,7,10,13,20H,2,5-6H2,(H2,16,17). The quantitative estimate of drug-likeness (QED) is 0.383. The number of rotatable bonds is 4. The number of likely N-dealkylation sites (tertiary alicyclic amines) is 1. The van der Waals surface area contributed by atoms with Crippen LogP contribution in [0.3, 0.4) is 0 Å². The van der Waals surface area contributed by atoms with E-state index in [4.69, 9.17) is 10.9 Å². The molecule has 1 atom stereocenters. The number of hydrogen-bond acceptors (Lipinski definition) is 4. The molecular weight excluding hydrogens is 284 g/mol. The van der Waals surface area contributed by atoms with Crippen molar-refractivity contribution in [3.63, 3.8) is 0 Å². The Balaban J connectivity index is 2.19. The summed E-state index contributed by atoms with van der Waals surface area (Å²) < 4.78 is 28.7. The minimum Gasteiger partial charge on any atom is -0.435 e. The second-order valence-electron chi connectivity index (χ2n) is 4.59. The normalized spacial score (nSPS) is 19.1. The molecule has 1 aromatic carbocycles. The van der Waals surface area contributed by atoms with Gasteiger partial charge in [0.2, 0.25) is 0 Å². The van der Waals surface area contributed by atoms with Gasteiger partial charge in [-0.1, -0.05) is 11.2 Å². The molecule has 1 aromatic rings. The molecule has 2 rings (SSSR count). The minimum absolute atomic E-state index is 0.0409. The fourth-order valence-electron chi connectivity index (χ4n) is 2.36. The van der Waals surface area contributed by atoms with Crippen LogP contribution < -0.4 is 10.5 Å². The fraction of sp³-hybridized carbons (Fsp3) is 0.385. The largest absolute Gasteiger partial charge is 0.435 e. The zero-order valence-electron chi connectivity index (χ0n) is 11.1. The average molecular weight is 299 g/mol. The molecule has 0 radical (unpaired) electrons. The highest BCUT2D eigenvalue weighted by atomic mass is 19.3. The molecule has 0 aromatic heterocycles. The number of alkyl halides is 2. The van der Waals surface area contributed by atoms with E-state index in [0.29, 0.717) is 13.0 Å². The summed E-state index contributed by atoms with van der Waals surface area (Å²) in [5.41, 5.74) is 5.78. The Kier molecular flexibility index (Phi) is 4.56. The van der Waals surface area contributed by atoms with Gasteiger partial charge in [0, 0.05) is 12.1 Å². The summed E-state index contributed by atoms with van der Waals surface area (Å²) in [4.78, 5) is 13.9. The van der Waals surface area contributed by atoms with E-state index < -0.39 is 12.7 Å². The van der Waals surface area contributed by atoms with E-state index in [0.717, 1.165) is 6.42 Å². The molecule has 1 fully saturated rings. The second-order valence-corrected chi connectivity index (χ2v) is 4.59. The molecule has 8 heteroatoms. The number of amides is 1. The predicted molar refractivity (Wildman–Crippen MR) is 70.5 cm³/mol. The van der Waals surface area contributed by atoms with Crippen LogP contribution in [-0.4, -0.2) is 41.0 Å².